The highest BCUT2D eigenvalue weighted by Gasteiger charge is 2.13. The molecule has 0 bridgehead atoms. The number of ether oxygens (including phenoxy) is 11. The predicted octanol–water partition coefficient (Wildman–Crippen LogP) is -0.664. The Morgan fingerprint density at radius 2 is 1.00 bits per heavy atom. The minimum atomic E-state index is -0.550. The number of carbonyl (C=O) groups is 4. The number of unbranched alkanes of at least 4 members (excludes halogenated alkanes) is 1. The Labute approximate surface area is 359 Å². The zero-order valence-corrected chi connectivity index (χ0v) is 36.1. The number of carbonyl (C=O) groups excluding carboxylic acids is 4. The Morgan fingerprint density at radius 3 is 1.52 bits per heavy atom. The first-order valence-corrected chi connectivity index (χ1v) is 20.4. The van der Waals surface area contributed by atoms with Gasteiger partial charge in [-0.2, -0.15) is 0 Å². The predicted molar refractivity (Wildman–Crippen MR) is 222 cm³/mol. The van der Waals surface area contributed by atoms with Crippen LogP contribution < -0.4 is 21.3 Å². The van der Waals surface area contributed by atoms with Crippen molar-refractivity contribution in [2.45, 2.75) is 18.9 Å². The summed E-state index contributed by atoms with van der Waals surface area (Å²) < 4.78 is 59.1. The van der Waals surface area contributed by atoms with Gasteiger partial charge in [0.15, 0.2) is 0 Å². The lowest BCUT2D eigenvalue weighted by Crippen LogP contribution is -2.34. The number of nitrogens with one attached hydrogen (secondary N) is 4. The van der Waals surface area contributed by atoms with Gasteiger partial charge in [0, 0.05) is 46.5 Å². The molecule has 1 rings (SSSR count). The largest absolute Gasteiger partial charge is 0.396 e. The van der Waals surface area contributed by atoms with Crippen LogP contribution in [0.1, 0.15) is 28.8 Å². The molecule has 21 nitrogen and oxygen atoms in total. The van der Waals surface area contributed by atoms with Crippen molar-refractivity contribution in [2.24, 2.45) is 5.16 Å². The van der Waals surface area contributed by atoms with Crippen molar-refractivity contribution in [1.29, 1.82) is 0 Å². The Balaban J connectivity index is 2.28. The van der Waals surface area contributed by atoms with Crippen LogP contribution in [-0.4, -0.2) is 209 Å². The maximum absolute atomic E-state index is 12.5. The van der Waals surface area contributed by atoms with Gasteiger partial charge in [-0.3, -0.25) is 19.2 Å². The van der Waals surface area contributed by atoms with E-state index < -0.39 is 6.10 Å². The van der Waals surface area contributed by atoms with Gasteiger partial charge in [-0.1, -0.05) is 17.3 Å². The normalized spacial score (nSPS) is 11.3. The molecule has 350 valence electrons. The molecule has 0 heterocycles. The Kier molecular flexibility index (Phi) is 37.5. The number of oxime groups is 1. The first-order chi connectivity index (χ1) is 29.9. The first-order valence-electron chi connectivity index (χ1n) is 20.4. The molecule has 0 spiro atoms. The van der Waals surface area contributed by atoms with E-state index in [0.717, 1.165) is 5.56 Å². The molecule has 1 aromatic rings. The second-order valence-electron chi connectivity index (χ2n) is 12.6. The second-order valence-corrected chi connectivity index (χ2v) is 12.6. The standard InChI is InChI=1S/C40H69N5O16/c1-41-40(49)35-8-6-34(7-9-35)28-45-61-13-5-4-10-42-39(48)33-60-36(29-56-24-20-52-14-11-43-37(46)31-58-26-22-54-18-16-50-2)30-57-25-21-53-15-12-44-38(47)32-59-27-23-55-19-17-51-3/h6-9,28,36H,4-5,10-27,29-33H2,1-3H3,(H,41,49)(H,42,48)(H,43,46)(H,44,47)/b45-28+. The lowest BCUT2D eigenvalue weighted by Gasteiger charge is -2.18. The molecule has 0 aliphatic carbocycles. The summed E-state index contributed by atoms with van der Waals surface area (Å²) in [6.07, 6.45) is 2.35. The van der Waals surface area contributed by atoms with Gasteiger partial charge in [0.25, 0.3) is 5.91 Å². The molecule has 0 aromatic heterocycles. The average molecular weight is 876 g/mol. The van der Waals surface area contributed by atoms with Crippen LogP contribution in [0.4, 0.5) is 0 Å². The molecule has 0 radical (unpaired) electrons. The lowest BCUT2D eigenvalue weighted by atomic mass is 10.1. The maximum Gasteiger partial charge on any atom is 0.251 e. The number of hydrogen-bond acceptors (Lipinski definition) is 17. The summed E-state index contributed by atoms with van der Waals surface area (Å²) in [6, 6.07) is 6.95. The van der Waals surface area contributed by atoms with Crippen LogP contribution in [0.2, 0.25) is 0 Å². The van der Waals surface area contributed by atoms with Crippen LogP contribution in [0.15, 0.2) is 29.4 Å². The van der Waals surface area contributed by atoms with Crippen molar-refractivity contribution in [3.05, 3.63) is 35.4 Å². The van der Waals surface area contributed by atoms with Crippen LogP contribution in [0.5, 0.6) is 0 Å². The monoisotopic (exact) mass is 875 g/mol. The SMILES string of the molecule is CNC(=O)c1ccc(/C=N/OCCCCNC(=O)COC(COCCOCCNC(=O)COCCOCCOC)COCCOCCNC(=O)COCCOCCOC)cc1. The molecule has 4 N–H and O–H groups in total. The van der Waals surface area contributed by atoms with Crippen molar-refractivity contribution in [2.75, 3.05) is 173 Å². The zero-order valence-electron chi connectivity index (χ0n) is 36.1. The van der Waals surface area contributed by atoms with Gasteiger partial charge in [-0.15, -0.1) is 0 Å². The van der Waals surface area contributed by atoms with E-state index in [9.17, 15) is 19.2 Å². The molecule has 0 aliphatic rings. The molecule has 0 saturated heterocycles. The van der Waals surface area contributed by atoms with Crippen LogP contribution >= 0.6 is 0 Å². The van der Waals surface area contributed by atoms with Crippen LogP contribution in [0, 0.1) is 0 Å². The average Bonchev–Trinajstić information content (AvgIpc) is 3.27. The number of rotatable bonds is 43. The van der Waals surface area contributed by atoms with Gasteiger partial charge >= 0.3 is 0 Å². The third-order valence-corrected chi connectivity index (χ3v) is 7.67. The molecule has 0 unspecified atom stereocenters. The van der Waals surface area contributed by atoms with Crippen molar-refractivity contribution in [3.8, 4) is 0 Å². The molecule has 21 heteroatoms. The van der Waals surface area contributed by atoms with Gasteiger partial charge in [-0.25, -0.2) is 0 Å². The number of benzene rings is 1. The van der Waals surface area contributed by atoms with Gasteiger partial charge in [0.2, 0.25) is 17.7 Å². The minimum Gasteiger partial charge on any atom is -0.396 e. The fourth-order valence-corrected chi connectivity index (χ4v) is 4.47. The van der Waals surface area contributed by atoms with E-state index in [4.69, 9.17) is 56.9 Å². The Morgan fingerprint density at radius 1 is 0.541 bits per heavy atom. The van der Waals surface area contributed by atoms with Crippen molar-refractivity contribution in [3.63, 3.8) is 0 Å². The highest BCUT2D eigenvalue weighted by molar-refractivity contribution is 5.94. The Bertz CT molecular complexity index is 1220. The van der Waals surface area contributed by atoms with Crippen molar-refractivity contribution >= 4 is 29.8 Å². The van der Waals surface area contributed by atoms with Crippen molar-refractivity contribution < 1.29 is 76.1 Å². The van der Waals surface area contributed by atoms with E-state index in [0.29, 0.717) is 97.5 Å². The van der Waals surface area contributed by atoms with Crippen molar-refractivity contribution in [1.82, 2.24) is 21.3 Å². The molecule has 1 aromatic carbocycles. The number of methoxy groups -OCH3 is 2. The summed E-state index contributed by atoms with van der Waals surface area (Å²) in [5.74, 6) is -0.962. The molecule has 0 atom stereocenters. The summed E-state index contributed by atoms with van der Waals surface area (Å²) in [5, 5.41) is 14.8. The smallest absolute Gasteiger partial charge is 0.251 e. The van der Waals surface area contributed by atoms with Gasteiger partial charge in [-0.05, 0) is 30.5 Å². The summed E-state index contributed by atoms with van der Waals surface area (Å²) in [5.41, 5.74) is 1.35. The molecule has 61 heavy (non-hydrogen) atoms. The molecule has 0 fully saturated rings. The maximum atomic E-state index is 12.5. The van der Waals surface area contributed by atoms with E-state index >= 15 is 0 Å². The van der Waals surface area contributed by atoms with Crippen LogP contribution in [0.3, 0.4) is 0 Å². The molecule has 4 amide bonds. The fraction of sp³-hybridized carbons (Fsp3) is 0.725. The fourth-order valence-electron chi connectivity index (χ4n) is 4.47. The zero-order chi connectivity index (χ0) is 44.3. The number of amides is 4. The van der Waals surface area contributed by atoms with Gasteiger partial charge in [0.1, 0.15) is 32.5 Å². The van der Waals surface area contributed by atoms with Gasteiger partial charge in [0.05, 0.1) is 112 Å². The summed E-state index contributed by atoms with van der Waals surface area (Å²) >= 11 is 0. The molecular formula is C40H69N5O16. The highest BCUT2D eigenvalue weighted by Crippen LogP contribution is 2.03. The van der Waals surface area contributed by atoms with E-state index in [-0.39, 0.29) is 96.3 Å². The lowest BCUT2D eigenvalue weighted by molar-refractivity contribution is -0.132. The van der Waals surface area contributed by atoms with Crippen LogP contribution in [0.25, 0.3) is 0 Å². The Hall–Kier alpha value is -3.87. The van der Waals surface area contributed by atoms with Crippen LogP contribution in [-0.2, 0) is 71.3 Å². The summed E-state index contributed by atoms with van der Waals surface area (Å²) in [7, 11) is 4.76. The minimum absolute atomic E-state index is 0.0720. The number of hydrogen-bond donors (Lipinski definition) is 4. The topological polar surface area (TPSA) is 240 Å². The molecule has 0 aliphatic heterocycles. The van der Waals surface area contributed by atoms with E-state index in [2.05, 4.69) is 26.4 Å². The highest BCUT2D eigenvalue weighted by atomic mass is 16.6. The quantitative estimate of drug-likeness (QED) is 0.0362. The number of nitrogens with zero attached hydrogens (tertiary/aromatic N) is 1. The third kappa shape index (κ3) is 35.4. The third-order valence-electron chi connectivity index (χ3n) is 7.67. The summed E-state index contributed by atoms with van der Waals surface area (Å²) in [6.45, 7) is 6.32. The first kappa shape index (κ1) is 55.1. The summed E-state index contributed by atoms with van der Waals surface area (Å²) in [4.78, 5) is 53.2. The van der Waals surface area contributed by atoms with Gasteiger partial charge < -0.3 is 78.2 Å². The van der Waals surface area contributed by atoms with E-state index in [1.165, 1.54) is 0 Å². The van der Waals surface area contributed by atoms with E-state index in [1.807, 2.05) is 0 Å². The van der Waals surface area contributed by atoms with E-state index in [1.54, 1.807) is 51.7 Å². The molecule has 0 saturated carbocycles. The molecular weight excluding hydrogens is 806 g/mol. The second kappa shape index (κ2) is 41.5.